The summed E-state index contributed by atoms with van der Waals surface area (Å²) >= 11 is 0. The zero-order valence-corrected chi connectivity index (χ0v) is 10.8. The molecule has 6 heteroatoms. The van der Waals surface area contributed by atoms with Gasteiger partial charge in [-0.1, -0.05) is 6.42 Å². The van der Waals surface area contributed by atoms with Crippen LogP contribution in [0.25, 0.3) is 0 Å². The van der Waals surface area contributed by atoms with Gasteiger partial charge in [0.25, 0.3) is 0 Å². The predicted molar refractivity (Wildman–Crippen MR) is 65.5 cm³/mol. The van der Waals surface area contributed by atoms with Gasteiger partial charge >= 0.3 is 0 Å². The lowest BCUT2D eigenvalue weighted by Gasteiger charge is -2.24. The summed E-state index contributed by atoms with van der Waals surface area (Å²) in [5, 5.41) is 2.45. The van der Waals surface area contributed by atoms with Crippen molar-refractivity contribution in [3.05, 3.63) is 24.0 Å². The van der Waals surface area contributed by atoms with Crippen LogP contribution >= 0.6 is 0 Å². The zero-order valence-electron chi connectivity index (χ0n) is 9.94. The van der Waals surface area contributed by atoms with E-state index in [1.165, 1.54) is 6.07 Å². The summed E-state index contributed by atoms with van der Waals surface area (Å²) in [6.45, 7) is 0. The van der Waals surface area contributed by atoms with Gasteiger partial charge in [0, 0.05) is 12.2 Å². The fraction of sp³-hybridized carbons (Fsp3) is 0.417. The molecule has 0 bridgehead atoms. The second-order valence-corrected chi connectivity index (χ2v) is 6.55. The van der Waals surface area contributed by atoms with Crippen molar-refractivity contribution >= 4 is 21.4 Å². The molecular weight excluding hydrogens is 257 g/mol. The van der Waals surface area contributed by atoms with Crippen LogP contribution in [0.15, 0.2) is 23.1 Å². The maximum absolute atomic E-state index is 13.5. The van der Waals surface area contributed by atoms with Crippen LogP contribution in [0, 0.1) is 11.7 Å². The van der Waals surface area contributed by atoms with E-state index in [4.69, 9.17) is 0 Å². The maximum atomic E-state index is 13.5. The second kappa shape index (κ2) is 4.68. The summed E-state index contributed by atoms with van der Waals surface area (Å²) < 4.78 is 36.2. The fourth-order valence-electron chi connectivity index (χ4n) is 1.74. The van der Waals surface area contributed by atoms with Gasteiger partial charge in [-0.05, 0) is 31.0 Å². The maximum Gasteiger partial charge on any atom is 0.227 e. The molecule has 0 aliphatic heterocycles. The quantitative estimate of drug-likeness (QED) is 0.855. The molecule has 1 aliphatic rings. The van der Waals surface area contributed by atoms with Gasteiger partial charge in [0.1, 0.15) is 5.82 Å². The predicted octanol–water partition coefficient (Wildman–Crippen LogP) is 1.97. The van der Waals surface area contributed by atoms with E-state index in [0.29, 0.717) is 0 Å². The standard InChI is InChI=1S/C12H14FNO3S/c1-18(16,17)9-5-6-10(13)11(7-9)14-12(15)8-3-2-4-8/h5-8H,2-4H2,1H3,(H,14,15). The first-order chi connectivity index (χ1) is 8.38. The van der Waals surface area contributed by atoms with Gasteiger partial charge in [0.15, 0.2) is 9.84 Å². The third-order valence-corrected chi connectivity index (χ3v) is 4.21. The number of hydrogen-bond donors (Lipinski definition) is 1. The van der Waals surface area contributed by atoms with Crippen molar-refractivity contribution in [1.82, 2.24) is 0 Å². The Morgan fingerprint density at radius 2 is 2.06 bits per heavy atom. The lowest BCUT2D eigenvalue weighted by molar-refractivity contribution is -0.122. The number of carbonyl (C=O) groups is 1. The summed E-state index contributed by atoms with van der Waals surface area (Å²) in [4.78, 5) is 11.7. The minimum absolute atomic E-state index is 0.00666. The molecule has 1 amide bonds. The van der Waals surface area contributed by atoms with Crippen molar-refractivity contribution in [1.29, 1.82) is 0 Å². The molecule has 1 saturated carbocycles. The molecule has 0 atom stereocenters. The fourth-order valence-corrected chi connectivity index (χ4v) is 2.38. The molecule has 0 heterocycles. The molecule has 1 aromatic carbocycles. The zero-order chi connectivity index (χ0) is 13.3. The van der Waals surface area contributed by atoms with Crippen molar-refractivity contribution in [2.24, 2.45) is 5.92 Å². The van der Waals surface area contributed by atoms with Gasteiger partial charge in [-0.3, -0.25) is 4.79 Å². The van der Waals surface area contributed by atoms with Gasteiger partial charge in [-0.15, -0.1) is 0 Å². The molecule has 0 saturated heterocycles. The van der Waals surface area contributed by atoms with E-state index in [2.05, 4.69) is 5.32 Å². The van der Waals surface area contributed by atoms with Gasteiger partial charge in [0.2, 0.25) is 5.91 Å². The number of hydrogen-bond acceptors (Lipinski definition) is 3. The van der Waals surface area contributed by atoms with Crippen LogP contribution in [0.2, 0.25) is 0 Å². The molecule has 2 rings (SSSR count). The number of benzene rings is 1. The van der Waals surface area contributed by atoms with Gasteiger partial charge in [0.05, 0.1) is 10.6 Å². The van der Waals surface area contributed by atoms with E-state index in [1.54, 1.807) is 0 Å². The Hall–Kier alpha value is -1.43. The molecule has 1 fully saturated rings. The first-order valence-electron chi connectivity index (χ1n) is 5.68. The molecule has 4 nitrogen and oxygen atoms in total. The Morgan fingerprint density at radius 3 is 2.56 bits per heavy atom. The summed E-state index contributed by atoms with van der Waals surface area (Å²) in [5.74, 6) is -0.952. The highest BCUT2D eigenvalue weighted by Crippen LogP contribution is 2.28. The van der Waals surface area contributed by atoms with Crippen molar-refractivity contribution in [3.8, 4) is 0 Å². The summed E-state index contributed by atoms with van der Waals surface area (Å²) in [6.07, 6.45) is 3.65. The van der Waals surface area contributed by atoms with Crippen molar-refractivity contribution in [3.63, 3.8) is 0 Å². The SMILES string of the molecule is CS(=O)(=O)c1ccc(F)c(NC(=O)C2CCC2)c1. The topological polar surface area (TPSA) is 63.2 Å². The van der Waals surface area contributed by atoms with E-state index in [1.807, 2.05) is 0 Å². The van der Waals surface area contributed by atoms with Gasteiger partial charge in [-0.2, -0.15) is 0 Å². The minimum atomic E-state index is -3.41. The average Bonchev–Trinajstić information content (AvgIpc) is 2.16. The lowest BCUT2D eigenvalue weighted by atomic mass is 9.85. The Labute approximate surface area is 105 Å². The van der Waals surface area contributed by atoms with E-state index in [0.717, 1.165) is 37.7 Å². The highest BCUT2D eigenvalue weighted by molar-refractivity contribution is 7.90. The molecule has 0 aromatic heterocycles. The number of nitrogens with one attached hydrogen (secondary N) is 1. The molecule has 18 heavy (non-hydrogen) atoms. The smallest absolute Gasteiger partial charge is 0.227 e. The molecule has 1 aliphatic carbocycles. The van der Waals surface area contributed by atoms with E-state index < -0.39 is 15.7 Å². The van der Waals surface area contributed by atoms with Crippen LogP contribution in [-0.2, 0) is 14.6 Å². The second-order valence-electron chi connectivity index (χ2n) is 4.53. The average molecular weight is 271 g/mol. The van der Waals surface area contributed by atoms with Crippen molar-refractivity contribution in [2.45, 2.75) is 24.2 Å². The molecule has 1 aromatic rings. The first-order valence-corrected chi connectivity index (χ1v) is 7.57. The molecule has 0 radical (unpaired) electrons. The Kier molecular flexibility index (Phi) is 3.38. The molecular formula is C12H14FNO3S. The molecule has 1 N–H and O–H groups in total. The largest absolute Gasteiger partial charge is 0.323 e. The summed E-state index contributed by atoms with van der Waals surface area (Å²) in [5.41, 5.74) is -0.0742. The molecule has 0 unspecified atom stereocenters. The van der Waals surface area contributed by atoms with E-state index in [-0.39, 0.29) is 22.4 Å². The van der Waals surface area contributed by atoms with Gasteiger partial charge in [-0.25, -0.2) is 12.8 Å². The minimum Gasteiger partial charge on any atom is -0.323 e. The number of amides is 1. The van der Waals surface area contributed by atoms with Crippen LogP contribution < -0.4 is 5.32 Å². The Balaban J connectivity index is 2.23. The monoisotopic (exact) mass is 271 g/mol. The van der Waals surface area contributed by atoms with Crippen LogP contribution in [0.5, 0.6) is 0 Å². The number of carbonyl (C=O) groups excluding carboxylic acids is 1. The Bertz CT molecular complexity index is 579. The highest BCUT2D eigenvalue weighted by atomic mass is 32.2. The summed E-state index contributed by atoms with van der Waals surface area (Å²) in [7, 11) is -3.41. The third kappa shape index (κ3) is 2.69. The highest BCUT2D eigenvalue weighted by Gasteiger charge is 2.26. The molecule has 98 valence electrons. The number of halogens is 1. The lowest BCUT2D eigenvalue weighted by Crippen LogP contribution is -2.28. The van der Waals surface area contributed by atoms with Gasteiger partial charge < -0.3 is 5.32 Å². The summed E-state index contributed by atoms with van der Waals surface area (Å²) in [6, 6.07) is 3.39. The number of rotatable bonds is 3. The van der Waals surface area contributed by atoms with Crippen LogP contribution in [0.4, 0.5) is 10.1 Å². The normalized spacial score (nSPS) is 16.1. The van der Waals surface area contributed by atoms with E-state index in [9.17, 15) is 17.6 Å². The van der Waals surface area contributed by atoms with Crippen LogP contribution in [-0.4, -0.2) is 20.6 Å². The number of sulfone groups is 1. The van der Waals surface area contributed by atoms with Crippen molar-refractivity contribution in [2.75, 3.05) is 11.6 Å². The Morgan fingerprint density at radius 1 is 1.39 bits per heavy atom. The van der Waals surface area contributed by atoms with Crippen molar-refractivity contribution < 1.29 is 17.6 Å². The molecule has 0 spiro atoms. The van der Waals surface area contributed by atoms with E-state index >= 15 is 0 Å². The third-order valence-electron chi connectivity index (χ3n) is 3.10. The number of anilines is 1. The first kappa shape index (κ1) is 13.0. The van der Waals surface area contributed by atoms with Crippen LogP contribution in [0.1, 0.15) is 19.3 Å². The van der Waals surface area contributed by atoms with Crippen LogP contribution in [0.3, 0.4) is 0 Å².